The zero-order valence-electron chi connectivity index (χ0n) is 12.0. The van der Waals surface area contributed by atoms with Crippen LogP contribution in [-0.4, -0.2) is 39.5 Å². The van der Waals surface area contributed by atoms with Gasteiger partial charge in [-0.1, -0.05) is 0 Å². The minimum Gasteiger partial charge on any atom is -0.485 e. The summed E-state index contributed by atoms with van der Waals surface area (Å²) < 4.78 is 10.7. The Bertz CT molecular complexity index is 643. The topological polar surface area (TPSA) is 80.4 Å². The molecular formula is C14H18ClN3O3. The molecule has 0 spiro atoms. The average Bonchev–Trinajstić information content (AvgIpc) is 2.88. The largest absolute Gasteiger partial charge is 0.485 e. The summed E-state index contributed by atoms with van der Waals surface area (Å²) in [4.78, 5) is 0. The number of aliphatic hydroxyl groups is 1. The van der Waals surface area contributed by atoms with Crippen LogP contribution in [0.4, 0.5) is 0 Å². The number of nitrogens with zero attached hydrogens (tertiary/aromatic N) is 2. The molecule has 2 N–H and O–H groups in total. The second-order valence-corrected chi connectivity index (χ2v) is 6.15. The van der Waals surface area contributed by atoms with Crippen LogP contribution < -0.4 is 10.1 Å². The molecule has 2 aromatic rings. The number of hydrogen-bond donors (Lipinski definition) is 2. The minimum atomic E-state index is -0.698. The first kappa shape index (κ1) is 14.6. The van der Waals surface area contributed by atoms with Crippen LogP contribution in [-0.2, 0) is 0 Å². The van der Waals surface area contributed by atoms with Gasteiger partial charge in [0, 0.05) is 17.5 Å². The van der Waals surface area contributed by atoms with Gasteiger partial charge in [0.05, 0.1) is 6.04 Å². The summed E-state index contributed by atoms with van der Waals surface area (Å²) in [6.07, 6.45) is 0.146. The SMILES string of the molecule is CC1(C)Oc2cc3nonc3cc2C(NCCCCl)C1O. The number of ether oxygens (including phenoxy) is 1. The van der Waals surface area contributed by atoms with Gasteiger partial charge in [-0.3, -0.25) is 0 Å². The maximum absolute atomic E-state index is 10.6. The van der Waals surface area contributed by atoms with Crippen molar-refractivity contribution in [2.24, 2.45) is 0 Å². The van der Waals surface area contributed by atoms with Gasteiger partial charge in [-0.2, -0.15) is 0 Å². The second kappa shape index (κ2) is 5.44. The average molecular weight is 312 g/mol. The van der Waals surface area contributed by atoms with Gasteiger partial charge in [-0.25, -0.2) is 4.63 Å². The fourth-order valence-corrected chi connectivity index (χ4v) is 2.75. The molecule has 2 heterocycles. The van der Waals surface area contributed by atoms with Gasteiger partial charge in [0.15, 0.2) is 0 Å². The van der Waals surface area contributed by atoms with Crippen molar-refractivity contribution < 1.29 is 14.5 Å². The number of alkyl halides is 1. The predicted molar refractivity (Wildman–Crippen MR) is 78.6 cm³/mol. The van der Waals surface area contributed by atoms with Crippen molar-refractivity contribution in [3.63, 3.8) is 0 Å². The number of halogens is 1. The Labute approximate surface area is 127 Å². The number of aromatic nitrogens is 2. The van der Waals surface area contributed by atoms with E-state index < -0.39 is 11.7 Å². The van der Waals surface area contributed by atoms with Crippen molar-refractivity contribution in [1.29, 1.82) is 0 Å². The molecule has 0 saturated heterocycles. The first-order chi connectivity index (χ1) is 10.0. The van der Waals surface area contributed by atoms with Crippen LogP contribution >= 0.6 is 11.6 Å². The van der Waals surface area contributed by atoms with Crippen LogP contribution in [0.2, 0.25) is 0 Å². The Kier molecular flexibility index (Phi) is 3.77. The molecule has 0 amide bonds. The molecule has 0 fully saturated rings. The summed E-state index contributed by atoms with van der Waals surface area (Å²) in [5.41, 5.74) is 1.45. The molecule has 0 radical (unpaired) electrons. The van der Waals surface area contributed by atoms with Gasteiger partial charge in [-0.05, 0) is 43.2 Å². The Hall–Kier alpha value is -1.37. The summed E-state index contributed by atoms with van der Waals surface area (Å²) in [6.45, 7) is 4.44. The molecule has 0 bridgehead atoms. The van der Waals surface area contributed by atoms with E-state index in [4.69, 9.17) is 21.0 Å². The molecule has 0 aliphatic carbocycles. The lowest BCUT2D eigenvalue weighted by molar-refractivity contribution is -0.0643. The van der Waals surface area contributed by atoms with Crippen LogP contribution in [0.25, 0.3) is 11.0 Å². The normalized spacial score (nSPS) is 23.8. The van der Waals surface area contributed by atoms with E-state index in [-0.39, 0.29) is 6.04 Å². The highest BCUT2D eigenvalue weighted by molar-refractivity contribution is 6.17. The van der Waals surface area contributed by atoms with Crippen LogP contribution in [0.1, 0.15) is 31.9 Å². The molecule has 1 aliphatic heterocycles. The van der Waals surface area contributed by atoms with Crippen LogP contribution in [0.15, 0.2) is 16.8 Å². The molecular weight excluding hydrogens is 294 g/mol. The lowest BCUT2D eigenvalue weighted by Crippen LogP contribution is -2.52. The molecule has 2 unspecified atom stereocenters. The van der Waals surface area contributed by atoms with Gasteiger partial charge in [-0.15, -0.1) is 11.6 Å². The molecule has 21 heavy (non-hydrogen) atoms. The number of rotatable bonds is 4. The smallest absolute Gasteiger partial charge is 0.138 e. The lowest BCUT2D eigenvalue weighted by atomic mass is 9.86. The molecule has 2 atom stereocenters. The van der Waals surface area contributed by atoms with Gasteiger partial charge >= 0.3 is 0 Å². The molecule has 1 aliphatic rings. The summed E-state index contributed by atoms with van der Waals surface area (Å²) in [7, 11) is 0. The minimum absolute atomic E-state index is 0.243. The molecule has 1 aromatic carbocycles. The molecule has 3 rings (SSSR count). The zero-order chi connectivity index (χ0) is 15.0. The van der Waals surface area contributed by atoms with Gasteiger partial charge in [0.2, 0.25) is 0 Å². The van der Waals surface area contributed by atoms with E-state index >= 15 is 0 Å². The van der Waals surface area contributed by atoms with Crippen molar-refractivity contribution in [2.45, 2.75) is 38.0 Å². The molecule has 7 heteroatoms. The van der Waals surface area contributed by atoms with Crippen molar-refractivity contribution in [3.8, 4) is 5.75 Å². The van der Waals surface area contributed by atoms with E-state index in [0.29, 0.717) is 22.7 Å². The first-order valence-electron chi connectivity index (χ1n) is 6.95. The highest BCUT2D eigenvalue weighted by atomic mass is 35.5. The third-order valence-corrected chi connectivity index (χ3v) is 4.06. The summed E-state index contributed by atoms with van der Waals surface area (Å²) in [5.74, 6) is 1.27. The number of benzene rings is 1. The highest BCUT2D eigenvalue weighted by Gasteiger charge is 2.43. The van der Waals surface area contributed by atoms with E-state index in [1.807, 2.05) is 19.9 Å². The first-order valence-corrected chi connectivity index (χ1v) is 7.49. The molecule has 6 nitrogen and oxygen atoms in total. The summed E-state index contributed by atoms with van der Waals surface area (Å²) in [6, 6.07) is 3.40. The Morgan fingerprint density at radius 1 is 1.33 bits per heavy atom. The number of aliphatic hydroxyl groups excluding tert-OH is 1. The molecule has 114 valence electrons. The number of hydrogen-bond acceptors (Lipinski definition) is 6. The Morgan fingerprint density at radius 2 is 2.05 bits per heavy atom. The maximum atomic E-state index is 10.6. The van der Waals surface area contributed by atoms with Crippen LogP contribution in [0.5, 0.6) is 5.75 Å². The van der Waals surface area contributed by atoms with E-state index in [1.54, 1.807) is 6.07 Å². The van der Waals surface area contributed by atoms with Crippen molar-refractivity contribution in [1.82, 2.24) is 15.6 Å². The fraction of sp³-hybridized carbons (Fsp3) is 0.571. The Balaban J connectivity index is 2.01. The van der Waals surface area contributed by atoms with Gasteiger partial charge < -0.3 is 15.2 Å². The second-order valence-electron chi connectivity index (χ2n) is 5.77. The number of nitrogens with one attached hydrogen (secondary N) is 1. The number of fused-ring (bicyclic) bond motifs is 2. The molecule has 1 aromatic heterocycles. The molecule has 0 saturated carbocycles. The Morgan fingerprint density at radius 3 is 2.76 bits per heavy atom. The van der Waals surface area contributed by atoms with E-state index in [2.05, 4.69) is 15.6 Å². The van der Waals surface area contributed by atoms with E-state index in [0.717, 1.165) is 18.5 Å². The van der Waals surface area contributed by atoms with Crippen molar-refractivity contribution >= 4 is 22.6 Å². The third kappa shape index (κ3) is 2.59. The summed E-state index contributed by atoms with van der Waals surface area (Å²) >= 11 is 5.72. The fourth-order valence-electron chi connectivity index (χ4n) is 2.62. The lowest BCUT2D eigenvalue weighted by Gasteiger charge is -2.42. The third-order valence-electron chi connectivity index (χ3n) is 3.80. The van der Waals surface area contributed by atoms with Gasteiger partial charge in [0.25, 0.3) is 0 Å². The van der Waals surface area contributed by atoms with Crippen LogP contribution in [0, 0.1) is 0 Å². The van der Waals surface area contributed by atoms with Crippen molar-refractivity contribution in [2.75, 3.05) is 12.4 Å². The monoisotopic (exact) mass is 311 g/mol. The summed E-state index contributed by atoms with van der Waals surface area (Å²) in [5, 5.41) is 21.6. The standard InChI is InChI=1S/C14H18ClN3O3/c1-14(2)13(19)12(16-5-3-4-15)8-6-9-10(18-21-17-9)7-11(8)20-14/h6-7,12-13,16,19H,3-5H2,1-2H3. The predicted octanol–water partition coefficient (Wildman–Crippen LogP) is 2.01. The quantitative estimate of drug-likeness (QED) is 0.664. The van der Waals surface area contributed by atoms with Crippen molar-refractivity contribution in [3.05, 3.63) is 17.7 Å². The van der Waals surface area contributed by atoms with Gasteiger partial charge in [0.1, 0.15) is 28.5 Å². The van der Waals surface area contributed by atoms with E-state index in [9.17, 15) is 5.11 Å². The van der Waals surface area contributed by atoms with Crippen LogP contribution in [0.3, 0.4) is 0 Å². The maximum Gasteiger partial charge on any atom is 0.138 e. The zero-order valence-corrected chi connectivity index (χ0v) is 12.7. The van der Waals surface area contributed by atoms with E-state index in [1.165, 1.54) is 0 Å². The highest BCUT2D eigenvalue weighted by Crippen LogP contribution is 2.41.